The Bertz CT molecular complexity index is 466. The van der Waals surface area contributed by atoms with Crippen molar-refractivity contribution in [3.63, 3.8) is 0 Å². The van der Waals surface area contributed by atoms with E-state index in [-0.39, 0.29) is 6.04 Å². The number of hydrogen-bond acceptors (Lipinski definition) is 3. The van der Waals surface area contributed by atoms with Gasteiger partial charge in [-0.25, -0.2) is 4.72 Å². The van der Waals surface area contributed by atoms with Gasteiger partial charge >= 0.3 is 0 Å². The van der Waals surface area contributed by atoms with Gasteiger partial charge in [0.05, 0.1) is 0 Å². The number of nitrogens with one attached hydrogen (secondary N) is 2. The van der Waals surface area contributed by atoms with Crippen molar-refractivity contribution in [3.05, 3.63) is 29.8 Å². The van der Waals surface area contributed by atoms with Gasteiger partial charge in [0.1, 0.15) is 0 Å². The van der Waals surface area contributed by atoms with Crippen molar-refractivity contribution in [1.29, 1.82) is 0 Å². The first-order chi connectivity index (χ1) is 8.05. The number of hydrogen-bond donors (Lipinski definition) is 3. The van der Waals surface area contributed by atoms with E-state index >= 15 is 0 Å². The Labute approximate surface area is 102 Å². The van der Waals surface area contributed by atoms with E-state index in [2.05, 4.69) is 9.44 Å². The Balaban J connectivity index is 1.76. The van der Waals surface area contributed by atoms with Crippen LogP contribution in [0.3, 0.4) is 0 Å². The van der Waals surface area contributed by atoms with Crippen molar-refractivity contribution in [2.24, 2.45) is 0 Å². The molecule has 94 valence electrons. The van der Waals surface area contributed by atoms with E-state index in [1.807, 2.05) is 24.3 Å². The van der Waals surface area contributed by atoms with Crippen molar-refractivity contribution in [1.82, 2.24) is 9.44 Å². The highest BCUT2D eigenvalue weighted by molar-refractivity contribution is 7.87. The van der Waals surface area contributed by atoms with Gasteiger partial charge in [-0.15, -0.1) is 0 Å². The average Bonchev–Trinajstić information content (AvgIpc) is 3.04. The fourth-order valence-electron chi connectivity index (χ4n) is 1.48. The van der Waals surface area contributed by atoms with Gasteiger partial charge in [-0.1, -0.05) is 12.1 Å². The van der Waals surface area contributed by atoms with Crippen LogP contribution in [0.1, 0.15) is 18.4 Å². The van der Waals surface area contributed by atoms with Crippen LogP contribution in [0.15, 0.2) is 24.3 Å². The maximum absolute atomic E-state index is 11.5. The average molecular weight is 255 g/mol. The topological polar surface area (TPSA) is 84.2 Å². The minimum Gasteiger partial charge on any atom is -0.399 e. The summed E-state index contributed by atoms with van der Waals surface area (Å²) >= 11 is 0. The molecule has 0 aliphatic heterocycles. The molecule has 4 N–H and O–H groups in total. The first kappa shape index (κ1) is 12.3. The van der Waals surface area contributed by atoms with Crippen molar-refractivity contribution in [3.8, 4) is 0 Å². The fourth-order valence-corrected chi connectivity index (χ4v) is 2.60. The lowest BCUT2D eigenvalue weighted by molar-refractivity contribution is 0.566. The number of nitrogen functional groups attached to an aromatic ring is 1. The summed E-state index contributed by atoms with van der Waals surface area (Å²) in [5, 5.41) is 0. The smallest absolute Gasteiger partial charge is 0.277 e. The Morgan fingerprint density at radius 3 is 2.47 bits per heavy atom. The molecular weight excluding hydrogens is 238 g/mol. The molecule has 0 heterocycles. The van der Waals surface area contributed by atoms with Gasteiger partial charge in [0.15, 0.2) is 0 Å². The second-order valence-electron chi connectivity index (χ2n) is 4.28. The van der Waals surface area contributed by atoms with E-state index in [0.29, 0.717) is 18.7 Å². The quantitative estimate of drug-likeness (QED) is 0.643. The molecule has 0 unspecified atom stereocenters. The third kappa shape index (κ3) is 4.33. The minimum atomic E-state index is -3.32. The van der Waals surface area contributed by atoms with Gasteiger partial charge in [0.2, 0.25) is 0 Å². The largest absolute Gasteiger partial charge is 0.399 e. The Hall–Kier alpha value is -1.11. The van der Waals surface area contributed by atoms with Crippen LogP contribution in [0, 0.1) is 0 Å². The predicted octanol–water partition coefficient (Wildman–Crippen LogP) is 0.398. The predicted molar refractivity (Wildman–Crippen MR) is 67.6 cm³/mol. The molecule has 1 aromatic rings. The molecule has 1 aromatic carbocycles. The van der Waals surface area contributed by atoms with Crippen LogP contribution in [-0.4, -0.2) is 21.0 Å². The van der Waals surface area contributed by atoms with Crippen LogP contribution in [0.5, 0.6) is 0 Å². The van der Waals surface area contributed by atoms with Gasteiger partial charge in [0, 0.05) is 18.3 Å². The number of nitrogens with two attached hydrogens (primary N) is 1. The summed E-state index contributed by atoms with van der Waals surface area (Å²) in [6.45, 7) is 0.395. The van der Waals surface area contributed by atoms with Crippen LogP contribution in [0.4, 0.5) is 5.69 Å². The molecule has 0 amide bonds. The lowest BCUT2D eigenvalue weighted by atomic mass is 10.1. The molecule has 0 radical (unpaired) electrons. The van der Waals surface area contributed by atoms with Crippen LogP contribution in [-0.2, 0) is 16.6 Å². The standard InChI is InChI=1S/C11H17N3O2S/c12-10-3-1-9(2-4-10)7-8-13-17(15,16)14-11-5-6-11/h1-4,11,13-14H,5-8,12H2. The third-order valence-electron chi connectivity index (χ3n) is 2.58. The van der Waals surface area contributed by atoms with E-state index in [1.165, 1.54) is 0 Å². The maximum atomic E-state index is 11.5. The Morgan fingerprint density at radius 2 is 1.88 bits per heavy atom. The van der Waals surface area contributed by atoms with E-state index in [4.69, 9.17) is 5.73 Å². The number of rotatable bonds is 6. The highest BCUT2D eigenvalue weighted by Gasteiger charge is 2.26. The lowest BCUT2D eigenvalue weighted by Gasteiger charge is -2.07. The van der Waals surface area contributed by atoms with Crippen molar-refractivity contribution >= 4 is 15.9 Å². The lowest BCUT2D eigenvalue weighted by Crippen LogP contribution is -2.38. The van der Waals surface area contributed by atoms with Gasteiger partial charge in [-0.05, 0) is 37.0 Å². The summed E-state index contributed by atoms with van der Waals surface area (Å²) in [7, 11) is -3.32. The SMILES string of the molecule is Nc1ccc(CCNS(=O)(=O)NC2CC2)cc1. The molecule has 17 heavy (non-hydrogen) atoms. The van der Waals surface area contributed by atoms with Gasteiger partial charge < -0.3 is 5.73 Å². The molecule has 6 heteroatoms. The summed E-state index contributed by atoms with van der Waals surface area (Å²) in [5.74, 6) is 0. The fraction of sp³-hybridized carbons (Fsp3) is 0.455. The molecule has 0 atom stereocenters. The van der Waals surface area contributed by atoms with Crippen molar-refractivity contribution < 1.29 is 8.42 Å². The zero-order valence-electron chi connectivity index (χ0n) is 9.52. The van der Waals surface area contributed by atoms with E-state index in [9.17, 15) is 8.42 Å². The monoisotopic (exact) mass is 255 g/mol. The van der Waals surface area contributed by atoms with Gasteiger partial charge in [0.25, 0.3) is 10.2 Å². The highest BCUT2D eigenvalue weighted by atomic mass is 32.2. The minimum absolute atomic E-state index is 0.143. The summed E-state index contributed by atoms with van der Waals surface area (Å²) in [6, 6.07) is 7.57. The second-order valence-corrected chi connectivity index (χ2v) is 5.81. The maximum Gasteiger partial charge on any atom is 0.277 e. The number of anilines is 1. The van der Waals surface area contributed by atoms with E-state index in [0.717, 1.165) is 18.4 Å². The molecule has 0 spiro atoms. The van der Waals surface area contributed by atoms with Crippen LogP contribution >= 0.6 is 0 Å². The first-order valence-electron chi connectivity index (χ1n) is 5.66. The summed E-state index contributed by atoms with van der Waals surface area (Å²) < 4.78 is 28.1. The van der Waals surface area contributed by atoms with Crippen molar-refractivity contribution in [2.75, 3.05) is 12.3 Å². The van der Waals surface area contributed by atoms with E-state index in [1.54, 1.807) is 0 Å². The van der Waals surface area contributed by atoms with Crippen LogP contribution in [0.25, 0.3) is 0 Å². The molecule has 1 aliphatic rings. The zero-order chi connectivity index (χ0) is 12.3. The number of benzene rings is 1. The van der Waals surface area contributed by atoms with Gasteiger partial charge in [-0.2, -0.15) is 13.1 Å². The molecule has 5 nitrogen and oxygen atoms in total. The summed E-state index contributed by atoms with van der Waals surface area (Å²) in [4.78, 5) is 0. The third-order valence-corrected chi connectivity index (χ3v) is 3.81. The molecule has 0 bridgehead atoms. The highest BCUT2D eigenvalue weighted by Crippen LogP contribution is 2.19. The van der Waals surface area contributed by atoms with Gasteiger partial charge in [-0.3, -0.25) is 0 Å². The summed E-state index contributed by atoms with van der Waals surface area (Å²) in [6.07, 6.45) is 2.55. The molecule has 2 rings (SSSR count). The van der Waals surface area contributed by atoms with Crippen LogP contribution < -0.4 is 15.2 Å². The van der Waals surface area contributed by atoms with Crippen molar-refractivity contribution in [2.45, 2.75) is 25.3 Å². The molecule has 0 saturated heterocycles. The normalized spacial score (nSPS) is 16.0. The zero-order valence-corrected chi connectivity index (χ0v) is 10.3. The van der Waals surface area contributed by atoms with Crippen LogP contribution in [0.2, 0.25) is 0 Å². The first-order valence-corrected chi connectivity index (χ1v) is 7.15. The molecule has 1 fully saturated rings. The summed E-state index contributed by atoms with van der Waals surface area (Å²) in [5.41, 5.74) is 7.34. The second kappa shape index (κ2) is 5.03. The Morgan fingerprint density at radius 1 is 1.24 bits per heavy atom. The molecular formula is C11H17N3O2S. The van der Waals surface area contributed by atoms with E-state index < -0.39 is 10.2 Å². The molecule has 0 aromatic heterocycles. The molecule has 1 aliphatic carbocycles. The Kier molecular flexibility index (Phi) is 3.66. The molecule has 1 saturated carbocycles.